The molecule has 3 N–H and O–H groups in total. The number of nitrogens with one attached hydrogen (secondary N) is 1. The van der Waals surface area contributed by atoms with Crippen molar-refractivity contribution in [3.8, 4) is 0 Å². The summed E-state index contributed by atoms with van der Waals surface area (Å²) in [5.74, 6) is -0.0687. The first-order valence-electron chi connectivity index (χ1n) is 3.84. The van der Waals surface area contributed by atoms with Crippen molar-refractivity contribution in [2.24, 2.45) is 5.73 Å². The van der Waals surface area contributed by atoms with Crippen LogP contribution in [0.25, 0.3) is 0 Å². The summed E-state index contributed by atoms with van der Waals surface area (Å²) in [5.41, 5.74) is 5.52. The number of hydrogen-bond donors (Lipinski definition) is 2. The Morgan fingerprint density at radius 2 is 2.45 bits per heavy atom. The molecule has 0 aliphatic carbocycles. The first kappa shape index (κ1) is 8.49. The van der Waals surface area contributed by atoms with Crippen LogP contribution in [0.5, 0.6) is 0 Å². The number of rotatable bonds is 0. The number of hydrogen-bond acceptors (Lipinski definition) is 3. The highest BCUT2D eigenvalue weighted by molar-refractivity contribution is 5.81. The van der Waals surface area contributed by atoms with Crippen molar-refractivity contribution < 1.29 is 9.53 Å². The molecule has 0 aromatic rings. The quantitative estimate of drug-likeness (QED) is 0.487. The summed E-state index contributed by atoms with van der Waals surface area (Å²) in [7, 11) is 0. The molecule has 2 atom stereocenters. The van der Waals surface area contributed by atoms with E-state index in [1.807, 2.05) is 6.92 Å². The van der Waals surface area contributed by atoms with Crippen LogP contribution in [-0.4, -0.2) is 31.2 Å². The largest absolute Gasteiger partial charge is 0.379 e. The van der Waals surface area contributed by atoms with Gasteiger partial charge in [0.1, 0.15) is 0 Å². The van der Waals surface area contributed by atoms with E-state index in [1.165, 1.54) is 0 Å². The van der Waals surface area contributed by atoms with E-state index >= 15 is 0 Å². The Morgan fingerprint density at radius 1 is 1.73 bits per heavy atom. The van der Waals surface area contributed by atoms with Crippen molar-refractivity contribution in [1.29, 1.82) is 0 Å². The third-order valence-corrected chi connectivity index (χ3v) is 1.67. The zero-order valence-corrected chi connectivity index (χ0v) is 6.67. The van der Waals surface area contributed by atoms with Gasteiger partial charge in [0.2, 0.25) is 5.91 Å². The number of ether oxygens (including phenoxy) is 1. The molecular weight excluding hydrogens is 144 g/mol. The van der Waals surface area contributed by atoms with Gasteiger partial charge in [-0.2, -0.15) is 0 Å². The fraction of sp³-hybridized carbons (Fsp3) is 0.857. The van der Waals surface area contributed by atoms with Crippen LogP contribution in [0.2, 0.25) is 0 Å². The lowest BCUT2D eigenvalue weighted by atomic mass is 10.2. The van der Waals surface area contributed by atoms with Gasteiger partial charge in [-0.3, -0.25) is 4.79 Å². The highest BCUT2D eigenvalue weighted by Gasteiger charge is 2.18. The third-order valence-electron chi connectivity index (χ3n) is 1.67. The van der Waals surface area contributed by atoms with Crippen LogP contribution >= 0.6 is 0 Å². The Labute approximate surface area is 66.1 Å². The second kappa shape index (κ2) is 3.69. The Bertz CT molecular complexity index is 149. The maximum Gasteiger partial charge on any atom is 0.237 e. The van der Waals surface area contributed by atoms with Crippen LogP contribution in [0, 0.1) is 0 Å². The molecule has 0 saturated carbocycles. The summed E-state index contributed by atoms with van der Waals surface area (Å²) >= 11 is 0. The molecular formula is C7H14N2O2. The topological polar surface area (TPSA) is 64.3 Å². The maximum atomic E-state index is 11.1. The van der Waals surface area contributed by atoms with E-state index in [1.54, 1.807) is 0 Å². The number of carbonyl (C=O) groups is 1. The van der Waals surface area contributed by atoms with Crippen molar-refractivity contribution >= 4 is 5.91 Å². The van der Waals surface area contributed by atoms with Gasteiger partial charge in [-0.15, -0.1) is 0 Å². The van der Waals surface area contributed by atoms with Crippen molar-refractivity contribution in [2.45, 2.75) is 25.4 Å². The molecule has 4 nitrogen and oxygen atoms in total. The third kappa shape index (κ3) is 2.48. The minimum Gasteiger partial charge on any atom is -0.379 e. The van der Waals surface area contributed by atoms with Gasteiger partial charge in [0.25, 0.3) is 0 Å². The molecule has 1 aliphatic heterocycles. The Balaban J connectivity index is 2.45. The highest BCUT2D eigenvalue weighted by Crippen LogP contribution is 1.96. The predicted molar refractivity (Wildman–Crippen MR) is 41.0 cm³/mol. The molecule has 0 radical (unpaired) electrons. The molecule has 0 aromatic heterocycles. The van der Waals surface area contributed by atoms with E-state index in [4.69, 9.17) is 10.5 Å². The van der Waals surface area contributed by atoms with Crippen LogP contribution in [0.4, 0.5) is 0 Å². The van der Waals surface area contributed by atoms with E-state index in [2.05, 4.69) is 5.32 Å². The van der Waals surface area contributed by atoms with Crippen LogP contribution < -0.4 is 11.1 Å². The summed E-state index contributed by atoms with van der Waals surface area (Å²) in [5, 5.41) is 2.74. The normalized spacial score (nSPS) is 33.8. The summed E-state index contributed by atoms with van der Waals surface area (Å²) in [6.07, 6.45) is 0.610. The van der Waals surface area contributed by atoms with E-state index in [9.17, 15) is 4.79 Å². The monoisotopic (exact) mass is 158 g/mol. The molecule has 1 saturated heterocycles. The van der Waals surface area contributed by atoms with Crippen LogP contribution in [0.3, 0.4) is 0 Å². The second-order valence-corrected chi connectivity index (χ2v) is 2.88. The van der Waals surface area contributed by atoms with E-state index in [0.717, 1.165) is 0 Å². The fourth-order valence-corrected chi connectivity index (χ4v) is 0.993. The van der Waals surface area contributed by atoms with E-state index in [0.29, 0.717) is 19.6 Å². The lowest BCUT2D eigenvalue weighted by Gasteiger charge is -2.21. The zero-order valence-electron chi connectivity index (χ0n) is 6.67. The molecule has 1 aliphatic rings. The standard InChI is InChI=1S/C7H14N2O2/c1-5-4-11-3-2-6(8)7(10)9-5/h5-6H,2-4,8H2,1H3,(H,9,10). The molecule has 0 aromatic carbocycles. The fourth-order valence-electron chi connectivity index (χ4n) is 0.993. The number of amides is 1. The Morgan fingerprint density at radius 3 is 3.18 bits per heavy atom. The molecule has 64 valence electrons. The molecule has 2 unspecified atom stereocenters. The first-order valence-corrected chi connectivity index (χ1v) is 3.84. The van der Waals surface area contributed by atoms with Gasteiger partial charge in [-0.25, -0.2) is 0 Å². The second-order valence-electron chi connectivity index (χ2n) is 2.88. The SMILES string of the molecule is CC1COCCC(N)C(=O)N1. The first-order chi connectivity index (χ1) is 5.20. The molecule has 1 rings (SSSR count). The smallest absolute Gasteiger partial charge is 0.237 e. The molecule has 0 bridgehead atoms. The predicted octanol–water partition coefficient (Wildman–Crippen LogP) is -0.761. The highest BCUT2D eigenvalue weighted by atomic mass is 16.5. The van der Waals surface area contributed by atoms with Crippen LogP contribution in [-0.2, 0) is 9.53 Å². The summed E-state index contributed by atoms with van der Waals surface area (Å²) in [4.78, 5) is 11.1. The minimum absolute atomic E-state index is 0.0687. The molecule has 4 heteroatoms. The average Bonchev–Trinajstić information content (AvgIpc) is 1.95. The summed E-state index contributed by atoms with van der Waals surface area (Å²) in [6, 6.07) is -0.327. The van der Waals surface area contributed by atoms with Crippen molar-refractivity contribution in [2.75, 3.05) is 13.2 Å². The lowest BCUT2D eigenvalue weighted by Crippen LogP contribution is -2.48. The Kier molecular flexibility index (Phi) is 2.84. The van der Waals surface area contributed by atoms with Crippen LogP contribution in [0.15, 0.2) is 0 Å². The van der Waals surface area contributed by atoms with Gasteiger partial charge in [-0.1, -0.05) is 0 Å². The van der Waals surface area contributed by atoms with Crippen LogP contribution in [0.1, 0.15) is 13.3 Å². The van der Waals surface area contributed by atoms with Gasteiger partial charge in [-0.05, 0) is 13.3 Å². The molecule has 0 spiro atoms. The van der Waals surface area contributed by atoms with Crippen molar-refractivity contribution in [1.82, 2.24) is 5.32 Å². The summed E-state index contributed by atoms with van der Waals surface area (Å²) < 4.78 is 5.21. The lowest BCUT2D eigenvalue weighted by molar-refractivity contribution is -0.124. The van der Waals surface area contributed by atoms with Gasteiger partial charge in [0, 0.05) is 12.6 Å². The van der Waals surface area contributed by atoms with Gasteiger partial charge >= 0.3 is 0 Å². The average molecular weight is 158 g/mol. The molecule has 1 amide bonds. The van der Waals surface area contributed by atoms with Gasteiger partial charge < -0.3 is 15.8 Å². The molecule has 1 heterocycles. The van der Waals surface area contributed by atoms with Crippen molar-refractivity contribution in [3.05, 3.63) is 0 Å². The molecule has 11 heavy (non-hydrogen) atoms. The number of carbonyl (C=O) groups excluding carboxylic acids is 1. The minimum atomic E-state index is -0.405. The van der Waals surface area contributed by atoms with Gasteiger partial charge in [0.05, 0.1) is 12.6 Å². The van der Waals surface area contributed by atoms with Gasteiger partial charge in [0.15, 0.2) is 0 Å². The maximum absolute atomic E-state index is 11.1. The summed E-state index contributed by atoms with van der Waals surface area (Å²) in [6.45, 7) is 3.06. The van der Waals surface area contributed by atoms with E-state index in [-0.39, 0.29) is 11.9 Å². The van der Waals surface area contributed by atoms with Crippen molar-refractivity contribution in [3.63, 3.8) is 0 Å². The Hall–Kier alpha value is -0.610. The zero-order chi connectivity index (χ0) is 8.27. The molecule has 1 fully saturated rings. The number of nitrogens with two attached hydrogens (primary N) is 1. The van der Waals surface area contributed by atoms with E-state index < -0.39 is 6.04 Å².